The van der Waals surface area contributed by atoms with E-state index < -0.39 is 0 Å². The number of hydrogen-bond donors (Lipinski definition) is 1. The molecule has 2 rings (SSSR count). The van der Waals surface area contributed by atoms with E-state index in [0.717, 1.165) is 23.8 Å². The Bertz CT molecular complexity index is 310. The van der Waals surface area contributed by atoms with Crippen LogP contribution >= 0.6 is 11.8 Å². The Morgan fingerprint density at radius 1 is 1.40 bits per heavy atom. The molecular weight excluding hydrogens is 206 g/mol. The molecule has 2 nitrogen and oxygen atoms in total. The van der Waals surface area contributed by atoms with Crippen LogP contribution in [0.25, 0.3) is 0 Å². The van der Waals surface area contributed by atoms with Crippen LogP contribution in [0.3, 0.4) is 0 Å². The van der Waals surface area contributed by atoms with Crippen LogP contribution in [0.15, 0.2) is 24.3 Å². The number of anilines is 1. The molecule has 1 unspecified atom stereocenters. The molecule has 0 spiro atoms. The Hall–Kier alpha value is -0.670. The zero-order chi connectivity index (χ0) is 10.5. The van der Waals surface area contributed by atoms with E-state index in [-0.39, 0.29) is 0 Å². The van der Waals surface area contributed by atoms with Crippen LogP contribution in [0.4, 0.5) is 5.69 Å². The van der Waals surface area contributed by atoms with Gasteiger partial charge in [-0.25, -0.2) is 0 Å². The molecule has 0 bridgehead atoms. The molecule has 0 saturated carbocycles. The van der Waals surface area contributed by atoms with Crippen molar-refractivity contribution in [2.24, 2.45) is 0 Å². The minimum atomic E-state index is 0.472. The summed E-state index contributed by atoms with van der Waals surface area (Å²) in [6, 6.07) is 8.07. The predicted molar refractivity (Wildman–Crippen MR) is 66.0 cm³/mol. The number of ether oxygens (including phenoxy) is 1. The second-order valence-corrected chi connectivity index (χ2v) is 4.88. The Kier molecular flexibility index (Phi) is 3.92. The highest BCUT2D eigenvalue weighted by Gasteiger charge is 2.14. The molecule has 1 aromatic rings. The highest BCUT2D eigenvalue weighted by molar-refractivity contribution is 7.98. The Balaban J connectivity index is 1.75. The minimum absolute atomic E-state index is 0.472. The molecule has 0 radical (unpaired) electrons. The van der Waals surface area contributed by atoms with E-state index in [4.69, 9.17) is 10.5 Å². The maximum atomic E-state index is 5.87. The van der Waals surface area contributed by atoms with Crippen LogP contribution in [-0.2, 0) is 10.5 Å². The van der Waals surface area contributed by atoms with Crippen molar-refractivity contribution in [3.8, 4) is 0 Å². The summed E-state index contributed by atoms with van der Waals surface area (Å²) >= 11 is 1.91. The first-order chi connectivity index (χ1) is 7.36. The summed E-state index contributed by atoms with van der Waals surface area (Å²) < 4.78 is 5.57. The first-order valence-electron chi connectivity index (χ1n) is 5.39. The topological polar surface area (TPSA) is 35.2 Å². The average molecular weight is 223 g/mol. The lowest BCUT2D eigenvalue weighted by Crippen LogP contribution is -2.08. The van der Waals surface area contributed by atoms with Crippen molar-refractivity contribution in [2.45, 2.75) is 24.7 Å². The largest absolute Gasteiger partial charge is 0.398 e. The molecule has 82 valence electrons. The summed E-state index contributed by atoms with van der Waals surface area (Å²) in [6.45, 7) is 0.943. The van der Waals surface area contributed by atoms with Crippen molar-refractivity contribution in [3.05, 3.63) is 29.8 Å². The van der Waals surface area contributed by atoms with E-state index in [1.165, 1.54) is 18.4 Å². The molecule has 0 amide bonds. The van der Waals surface area contributed by atoms with Crippen molar-refractivity contribution in [2.75, 3.05) is 18.1 Å². The van der Waals surface area contributed by atoms with Crippen molar-refractivity contribution >= 4 is 17.4 Å². The molecule has 1 aliphatic rings. The number of hydrogen-bond acceptors (Lipinski definition) is 3. The zero-order valence-corrected chi connectivity index (χ0v) is 9.63. The van der Waals surface area contributed by atoms with Crippen molar-refractivity contribution in [1.29, 1.82) is 0 Å². The lowest BCUT2D eigenvalue weighted by Gasteiger charge is -2.09. The predicted octanol–water partition coefficient (Wildman–Crippen LogP) is 2.68. The second kappa shape index (κ2) is 5.42. The zero-order valence-electron chi connectivity index (χ0n) is 8.82. The van der Waals surface area contributed by atoms with Gasteiger partial charge in [0.25, 0.3) is 0 Å². The van der Waals surface area contributed by atoms with Gasteiger partial charge in [0.15, 0.2) is 0 Å². The molecule has 15 heavy (non-hydrogen) atoms. The van der Waals surface area contributed by atoms with Crippen LogP contribution < -0.4 is 5.73 Å². The fourth-order valence-electron chi connectivity index (χ4n) is 1.74. The summed E-state index contributed by atoms with van der Waals surface area (Å²) in [4.78, 5) is 0. The fraction of sp³-hybridized carbons (Fsp3) is 0.500. The van der Waals surface area contributed by atoms with E-state index in [1.807, 2.05) is 30.0 Å². The van der Waals surface area contributed by atoms with E-state index in [1.54, 1.807) is 0 Å². The third-order valence-electron chi connectivity index (χ3n) is 2.64. The Morgan fingerprint density at radius 3 is 3.00 bits per heavy atom. The van der Waals surface area contributed by atoms with E-state index >= 15 is 0 Å². The van der Waals surface area contributed by atoms with Crippen LogP contribution in [-0.4, -0.2) is 18.5 Å². The van der Waals surface area contributed by atoms with E-state index in [2.05, 4.69) is 6.07 Å². The van der Waals surface area contributed by atoms with Crippen molar-refractivity contribution in [3.63, 3.8) is 0 Å². The number of benzene rings is 1. The van der Waals surface area contributed by atoms with Gasteiger partial charge in [-0.1, -0.05) is 18.2 Å². The van der Waals surface area contributed by atoms with E-state index in [0.29, 0.717) is 6.10 Å². The monoisotopic (exact) mass is 223 g/mol. The molecular formula is C12H17NOS. The second-order valence-electron chi connectivity index (χ2n) is 3.85. The third kappa shape index (κ3) is 3.14. The van der Waals surface area contributed by atoms with Gasteiger partial charge in [0.2, 0.25) is 0 Å². The van der Waals surface area contributed by atoms with Gasteiger partial charge in [0, 0.05) is 23.8 Å². The SMILES string of the molecule is Nc1ccccc1CSCC1CCCO1. The summed E-state index contributed by atoms with van der Waals surface area (Å²) in [7, 11) is 0. The Labute approximate surface area is 95.2 Å². The molecule has 1 atom stereocenters. The van der Waals surface area contributed by atoms with Crippen LogP contribution in [0.5, 0.6) is 0 Å². The quantitative estimate of drug-likeness (QED) is 0.797. The normalized spacial score (nSPS) is 20.7. The van der Waals surface area contributed by atoms with Crippen LogP contribution in [0.1, 0.15) is 18.4 Å². The first kappa shape index (κ1) is 10.8. The average Bonchev–Trinajstić information content (AvgIpc) is 2.74. The van der Waals surface area contributed by atoms with Gasteiger partial charge >= 0.3 is 0 Å². The fourth-order valence-corrected chi connectivity index (χ4v) is 2.87. The minimum Gasteiger partial charge on any atom is -0.398 e. The smallest absolute Gasteiger partial charge is 0.0666 e. The summed E-state index contributed by atoms with van der Waals surface area (Å²) in [5, 5.41) is 0. The highest BCUT2D eigenvalue weighted by Crippen LogP contribution is 2.22. The van der Waals surface area contributed by atoms with Gasteiger partial charge in [-0.2, -0.15) is 11.8 Å². The van der Waals surface area contributed by atoms with Crippen molar-refractivity contribution in [1.82, 2.24) is 0 Å². The summed E-state index contributed by atoms with van der Waals surface area (Å²) in [6.07, 6.45) is 2.91. The standard InChI is InChI=1S/C12H17NOS/c13-12-6-2-1-4-10(12)8-15-9-11-5-3-7-14-11/h1-2,4,6,11H,3,5,7-9,13H2. The van der Waals surface area contributed by atoms with Crippen molar-refractivity contribution < 1.29 is 4.74 Å². The maximum absolute atomic E-state index is 5.87. The molecule has 3 heteroatoms. The molecule has 2 N–H and O–H groups in total. The number of nitrogen functional groups attached to an aromatic ring is 1. The maximum Gasteiger partial charge on any atom is 0.0666 e. The molecule has 1 aromatic carbocycles. The van der Waals surface area contributed by atoms with Gasteiger partial charge in [0.05, 0.1) is 6.10 Å². The van der Waals surface area contributed by atoms with Gasteiger partial charge in [-0.05, 0) is 24.5 Å². The lowest BCUT2D eigenvalue weighted by atomic mass is 10.2. The van der Waals surface area contributed by atoms with Gasteiger partial charge in [-0.3, -0.25) is 0 Å². The van der Waals surface area contributed by atoms with Gasteiger partial charge in [-0.15, -0.1) is 0 Å². The highest BCUT2D eigenvalue weighted by atomic mass is 32.2. The summed E-state index contributed by atoms with van der Waals surface area (Å²) in [5.41, 5.74) is 8.01. The third-order valence-corrected chi connectivity index (χ3v) is 3.76. The van der Waals surface area contributed by atoms with Crippen LogP contribution in [0, 0.1) is 0 Å². The molecule has 1 fully saturated rings. The van der Waals surface area contributed by atoms with Gasteiger partial charge in [0.1, 0.15) is 0 Å². The molecule has 1 aliphatic heterocycles. The molecule has 1 saturated heterocycles. The number of thioether (sulfide) groups is 1. The first-order valence-corrected chi connectivity index (χ1v) is 6.54. The van der Waals surface area contributed by atoms with Crippen LogP contribution in [0.2, 0.25) is 0 Å². The Morgan fingerprint density at radius 2 is 2.27 bits per heavy atom. The molecule has 0 aromatic heterocycles. The molecule has 1 heterocycles. The lowest BCUT2D eigenvalue weighted by molar-refractivity contribution is 0.129. The van der Waals surface area contributed by atoms with Gasteiger partial charge < -0.3 is 10.5 Å². The van der Waals surface area contributed by atoms with E-state index in [9.17, 15) is 0 Å². The number of para-hydroxylation sites is 1. The summed E-state index contributed by atoms with van der Waals surface area (Å²) in [5.74, 6) is 2.08. The number of nitrogens with two attached hydrogens (primary N) is 1. The number of rotatable bonds is 4. The molecule has 0 aliphatic carbocycles.